The highest BCUT2D eigenvalue weighted by molar-refractivity contribution is 7.66. The quantitative estimate of drug-likeness (QED) is 0.0495. The van der Waals surface area contributed by atoms with E-state index in [-0.39, 0.29) is 25.3 Å². The molecule has 0 saturated carbocycles. The molecule has 1 saturated heterocycles. The number of nitrogens with two attached hydrogens (primary N) is 1. The molecule has 1 aliphatic rings. The van der Waals surface area contributed by atoms with E-state index in [0.29, 0.717) is 0 Å². The Morgan fingerprint density at radius 3 is 1.94 bits per heavy atom. The van der Waals surface area contributed by atoms with Crippen LogP contribution in [0.25, 0.3) is 0 Å². The molecule has 2 unspecified atom stereocenters. The van der Waals surface area contributed by atoms with E-state index in [9.17, 15) is 52.6 Å². The molecular weight excluding hydrogens is 711 g/mol. The van der Waals surface area contributed by atoms with Gasteiger partial charge in [-0.05, 0) is 6.07 Å². The zero-order valence-corrected chi connectivity index (χ0v) is 26.4. The number of carbonyl (C=O) groups excluding carboxylic acids is 1. The maximum absolute atomic E-state index is 12.9. The summed E-state index contributed by atoms with van der Waals surface area (Å²) in [4.78, 5) is 101. The van der Waals surface area contributed by atoms with Gasteiger partial charge >= 0.3 is 53.0 Å². The Morgan fingerprint density at radius 2 is 1.45 bits per heavy atom. The first-order chi connectivity index (χ1) is 21.5. The zero-order chi connectivity index (χ0) is 35.7. The molecular formula is C19H30N5O20P3. The van der Waals surface area contributed by atoms with Gasteiger partial charge in [0.25, 0.3) is 0 Å². The van der Waals surface area contributed by atoms with Crippen LogP contribution in [0.1, 0.15) is 12.6 Å². The number of nitrogen functional groups attached to an aromatic ring is 1. The number of rotatable bonds is 20. The predicted octanol–water partition coefficient (Wildman–Crippen LogP) is -2.77. The lowest BCUT2D eigenvalue weighted by atomic mass is 10.2. The number of phosphoric acid groups is 3. The number of aliphatic carboxylic acids is 3. The molecule has 2 heterocycles. The van der Waals surface area contributed by atoms with Crippen LogP contribution in [0.2, 0.25) is 0 Å². The molecule has 25 nitrogen and oxygen atoms in total. The minimum atomic E-state index is -5.88. The standard InChI is InChI=1S/C19H30N5O20P3/c20-13-1-2-24(19(32)21-13)14-5-11(12(41-14)10-40-46(36,37)44-47(38,39)43-45(33,34)35)42-18(31)9-23(8-17(29)30)4-3-22(6-15(25)26)7-16(27)28/h1-2,11-12,14H,3-10H2,(H,25,26)(H,27,28)(H,29,30)(H,36,37)(H,38,39)(H2,20,21,32)(H2,33,34,35)/t11-,12+,14+/m0/s1. The predicted molar refractivity (Wildman–Crippen MR) is 147 cm³/mol. The van der Waals surface area contributed by atoms with Gasteiger partial charge in [-0.3, -0.25) is 38.1 Å². The number of carboxylic acids is 3. The van der Waals surface area contributed by atoms with Crippen molar-refractivity contribution < 1.29 is 90.4 Å². The molecule has 28 heteroatoms. The van der Waals surface area contributed by atoms with Gasteiger partial charge in [0.05, 0.1) is 32.8 Å². The molecule has 5 atom stereocenters. The Kier molecular flexibility index (Phi) is 14.3. The van der Waals surface area contributed by atoms with Gasteiger partial charge in [-0.1, -0.05) is 0 Å². The van der Waals surface area contributed by atoms with E-state index < -0.39 is 104 Å². The highest BCUT2D eigenvalue weighted by Gasteiger charge is 2.44. The Labute approximate surface area is 262 Å². The summed E-state index contributed by atoms with van der Waals surface area (Å²) in [5.74, 6) is -5.48. The molecule has 266 valence electrons. The zero-order valence-electron chi connectivity index (χ0n) is 23.7. The first-order valence-electron chi connectivity index (χ1n) is 12.6. The van der Waals surface area contributed by atoms with Gasteiger partial charge in [-0.25, -0.2) is 18.5 Å². The summed E-state index contributed by atoms with van der Waals surface area (Å²) in [7, 11) is -17.2. The van der Waals surface area contributed by atoms with E-state index in [0.717, 1.165) is 20.6 Å². The highest BCUT2D eigenvalue weighted by Crippen LogP contribution is 2.66. The summed E-state index contributed by atoms with van der Waals surface area (Å²) < 4.78 is 58.3. The van der Waals surface area contributed by atoms with Crippen LogP contribution in [0.5, 0.6) is 0 Å². The van der Waals surface area contributed by atoms with Crippen molar-refractivity contribution in [2.45, 2.75) is 24.9 Å². The number of carbonyl (C=O) groups is 4. The Morgan fingerprint density at radius 1 is 0.915 bits per heavy atom. The van der Waals surface area contributed by atoms with E-state index in [2.05, 4.69) is 18.1 Å². The van der Waals surface area contributed by atoms with E-state index in [1.165, 1.54) is 6.07 Å². The molecule has 9 N–H and O–H groups in total. The number of carboxylic acid groups (broad SMARTS) is 3. The lowest BCUT2D eigenvalue weighted by molar-refractivity contribution is -0.155. The van der Waals surface area contributed by atoms with Gasteiger partial charge in [0.2, 0.25) is 0 Å². The smallest absolute Gasteiger partial charge is 0.480 e. The largest absolute Gasteiger partial charge is 0.490 e. The second-order valence-corrected chi connectivity index (χ2v) is 13.8. The molecule has 0 aromatic carbocycles. The maximum Gasteiger partial charge on any atom is 0.490 e. The van der Waals surface area contributed by atoms with Crippen LogP contribution in [0.4, 0.5) is 5.82 Å². The molecule has 0 aliphatic carbocycles. The molecule has 0 spiro atoms. The fraction of sp³-hybridized carbons (Fsp3) is 0.579. The topological polar surface area (TPSA) is 375 Å². The molecule has 47 heavy (non-hydrogen) atoms. The van der Waals surface area contributed by atoms with Crippen molar-refractivity contribution in [2.24, 2.45) is 0 Å². The molecule has 2 rings (SSSR count). The number of esters is 1. The minimum absolute atomic E-state index is 0.166. The number of hydrogen-bond acceptors (Lipinski definition) is 17. The fourth-order valence-electron chi connectivity index (χ4n) is 3.93. The van der Waals surface area contributed by atoms with Gasteiger partial charge in [-0.15, -0.1) is 0 Å². The van der Waals surface area contributed by atoms with Gasteiger partial charge in [-0.2, -0.15) is 13.6 Å². The van der Waals surface area contributed by atoms with Crippen molar-refractivity contribution in [1.82, 2.24) is 19.4 Å². The number of hydrogen-bond donors (Lipinski definition) is 8. The van der Waals surface area contributed by atoms with E-state index >= 15 is 0 Å². The molecule has 1 aliphatic heterocycles. The van der Waals surface area contributed by atoms with E-state index in [1.54, 1.807) is 0 Å². The molecule has 1 fully saturated rings. The van der Waals surface area contributed by atoms with Crippen molar-refractivity contribution >= 4 is 53.2 Å². The number of anilines is 1. The SMILES string of the molecule is Nc1ccn([C@H]2C[C@H](OC(=O)CN(CCN(CC(=O)O)CC(=O)O)CC(=O)O)[C@@H](COP(=O)(O)OP(=O)(O)OP(=O)(O)O)O2)c(=O)n1. The van der Waals surface area contributed by atoms with Gasteiger partial charge in [0.1, 0.15) is 24.3 Å². The Hall–Kier alpha value is -3.15. The van der Waals surface area contributed by atoms with Gasteiger partial charge < -0.3 is 50.1 Å². The van der Waals surface area contributed by atoms with Crippen molar-refractivity contribution in [3.8, 4) is 0 Å². The second kappa shape index (κ2) is 16.8. The summed E-state index contributed by atoms with van der Waals surface area (Å²) in [6, 6.07) is 1.20. The van der Waals surface area contributed by atoms with Crippen LogP contribution in [0, 0.1) is 0 Å². The minimum Gasteiger partial charge on any atom is -0.480 e. The third-order valence-electron chi connectivity index (χ3n) is 5.60. The van der Waals surface area contributed by atoms with Crippen molar-refractivity contribution in [3.05, 3.63) is 22.7 Å². The van der Waals surface area contributed by atoms with Crippen LogP contribution in [0.15, 0.2) is 17.1 Å². The molecule has 1 aromatic heterocycles. The van der Waals surface area contributed by atoms with Gasteiger partial charge in [0.15, 0.2) is 0 Å². The molecule has 0 radical (unpaired) electrons. The van der Waals surface area contributed by atoms with E-state index in [4.69, 9.17) is 35.2 Å². The summed E-state index contributed by atoms with van der Waals surface area (Å²) in [6.45, 7) is -4.70. The number of nitrogens with zero attached hydrogens (tertiary/aromatic N) is 4. The van der Waals surface area contributed by atoms with Crippen LogP contribution in [0.3, 0.4) is 0 Å². The lowest BCUT2D eigenvalue weighted by Gasteiger charge is -2.25. The Balaban J connectivity index is 2.21. The first kappa shape index (κ1) is 40.0. The number of ether oxygens (including phenoxy) is 2. The lowest BCUT2D eigenvalue weighted by Crippen LogP contribution is -2.44. The normalized spacial score (nSPS) is 20.9. The first-order valence-corrected chi connectivity index (χ1v) is 17.1. The van der Waals surface area contributed by atoms with E-state index in [1.807, 2.05) is 0 Å². The average Bonchev–Trinajstić information content (AvgIpc) is 3.24. The van der Waals surface area contributed by atoms with Crippen molar-refractivity contribution in [3.63, 3.8) is 0 Å². The van der Waals surface area contributed by atoms with Crippen LogP contribution in [-0.2, 0) is 55.5 Å². The monoisotopic (exact) mass is 741 g/mol. The second-order valence-electron chi connectivity index (χ2n) is 9.42. The molecule has 1 aromatic rings. The van der Waals surface area contributed by atoms with Crippen LogP contribution >= 0.6 is 23.5 Å². The third kappa shape index (κ3) is 15.1. The fourth-order valence-corrected chi connectivity index (χ4v) is 6.96. The molecule has 0 bridgehead atoms. The van der Waals surface area contributed by atoms with Crippen LogP contribution in [-0.4, -0.2) is 136 Å². The number of phosphoric ester groups is 1. The van der Waals surface area contributed by atoms with Crippen molar-refractivity contribution in [2.75, 3.05) is 51.6 Å². The summed E-state index contributed by atoms with van der Waals surface area (Å²) in [5, 5.41) is 27.2. The summed E-state index contributed by atoms with van der Waals surface area (Å²) in [5.41, 5.74) is 4.53. The number of aromatic nitrogens is 2. The maximum atomic E-state index is 12.9. The van der Waals surface area contributed by atoms with Gasteiger partial charge in [0, 0.05) is 25.7 Å². The average molecular weight is 741 g/mol. The molecule has 0 amide bonds. The summed E-state index contributed by atoms with van der Waals surface area (Å²) >= 11 is 0. The summed E-state index contributed by atoms with van der Waals surface area (Å²) in [6.07, 6.45) is -3.53. The van der Waals surface area contributed by atoms with Crippen LogP contribution < -0.4 is 11.4 Å². The Bertz CT molecular complexity index is 1500. The third-order valence-corrected chi connectivity index (χ3v) is 9.41. The highest BCUT2D eigenvalue weighted by atomic mass is 31.3. The van der Waals surface area contributed by atoms with Crippen molar-refractivity contribution in [1.29, 1.82) is 0 Å².